The Bertz CT molecular complexity index is 1380. The maximum Gasteiger partial charge on any atom is 0.192 e. The summed E-state index contributed by atoms with van der Waals surface area (Å²) in [6.07, 6.45) is 0. The Hall–Kier alpha value is -3.22. The van der Waals surface area contributed by atoms with Crippen LogP contribution in [0.5, 0.6) is 11.5 Å². The summed E-state index contributed by atoms with van der Waals surface area (Å²) in [4.78, 5) is 13.1. The van der Waals surface area contributed by atoms with Crippen LogP contribution >= 0.6 is 0 Å². The first-order chi connectivity index (χ1) is 15.1. The van der Waals surface area contributed by atoms with Crippen LogP contribution in [0.3, 0.4) is 0 Å². The fourth-order valence-electron chi connectivity index (χ4n) is 4.75. The molecule has 2 aliphatic heterocycles. The third kappa shape index (κ3) is 2.79. The largest absolute Gasteiger partial charge is 0.458 e. The topological polar surface area (TPSA) is 26.3 Å². The maximum absolute atomic E-state index is 13.1. The molecule has 2 radical (unpaired) electrons. The lowest BCUT2D eigenvalue weighted by Gasteiger charge is -2.26. The zero-order valence-corrected chi connectivity index (χ0v) is 19.4. The number of benzene rings is 4. The van der Waals surface area contributed by atoms with Crippen molar-refractivity contribution in [2.45, 2.75) is 13.1 Å². The number of ketones is 1. The summed E-state index contributed by atoms with van der Waals surface area (Å²) in [5.41, 5.74) is 4.11. The lowest BCUT2D eigenvalue weighted by atomic mass is 9.98. The third-order valence-corrected chi connectivity index (χ3v) is 11.4. The second-order valence-corrected chi connectivity index (χ2v) is 12.8. The molecule has 0 atom stereocenters. The van der Waals surface area contributed by atoms with E-state index in [0.717, 1.165) is 22.6 Å². The monoisotopic (exact) mass is 432 g/mol. The van der Waals surface area contributed by atoms with Gasteiger partial charge in [-0.1, -0.05) is 85.9 Å². The fourth-order valence-corrected chi connectivity index (χ4v) is 8.98. The SMILES string of the molecule is C[Si]1c2ccccc2Oc2ccc(-c3ccc4c(c3)[Si](C)c3ccccc3C4=O)cc21. The van der Waals surface area contributed by atoms with E-state index in [-0.39, 0.29) is 5.78 Å². The van der Waals surface area contributed by atoms with Gasteiger partial charge in [0.1, 0.15) is 29.1 Å². The lowest BCUT2D eigenvalue weighted by Crippen LogP contribution is -2.49. The van der Waals surface area contributed by atoms with Gasteiger partial charge in [0, 0.05) is 11.1 Å². The predicted octanol–water partition coefficient (Wildman–Crippen LogP) is 3.48. The molecule has 0 aromatic heterocycles. The molecule has 31 heavy (non-hydrogen) atoms. The summed E-state index contributed by atoms with van der Waals surface area (Å²) in [5.74, 6) is 2.12. The van der Waals surface area contributed by atoms with Crippen LogP contribution in [0.15, 0.2) is 84.9 Å². The molecule has 6 rings (SSSR count). The second kappa shape index (κ2) is 6.90. The Labute approximate surface area is 185 Å². The van der Waals surface area contributed by atoms with Gasteiger partial charge in [-0.05, 0) is 44.0 Å². The van der Waals surface area contributed by atoms with Crippen molar-refractivity contribution in [2.24, 2.45) is 0 Å². The van der Waals surface area contributed by atoms with Crippen molar-refractivity contribution in [3.63, 3.8) is 0 Å². The van der Waals surface area contributed by atoms with Crippen LogP contribution in [0, 0.1) is 0 Å². The lowest BCUT2D eigenvalue weighted by molar-refractivity contribution is 0.104. The molecule has 148 valence electrons. The summed E-state index contributed by atoms with van der Waals surface area (Å²) >= 11 is 0. The number of fused-ring (bicyclic) bond motifs is 4. The van der Waals surface area contributed by atoms with Crippen LogP contribution in [0.4, 0.5) is 0 Å². The highest BCUT2D eigenvalue weighted by molar-refractivity contribution is 6.87. The van der Waals surface area contributed by atoms with Crippen molar-refractivity contribution >= 4 is 44.1 Å². The average Bonchev–Trinajstić information content (AvgIpc) is 2.82. The minimum atomic E-state index is -0.975. The van der Waals surface area contributed by atoms with E-state index >= 15 is 0 Å². The van der Waals surface area contributed by atoms with Gasteiger partial charge in [0.15, 0.2) is 5.78 Å². The van der Waals surface area contributed by atoms with Crippen molar-refractivity contribution in [3.8, 4) is 22.6 Å². The van der Waals surface area contributed by atoms with Gasteiger partial charge in [-0.3, -0.25) is 4.79 Å². The molecule has 0 saturated heterocycles. The number of hydrogen-bond donors (Lipinski definition) is 0. The quantitative estimate of drug-likeness (QED) is 0.431. The van der Waals surface area contributed by atoms with E-state index in [9.17, 15) is 4.79 Å². The van der Waals surface area contributed by atoms with Crippen LogP contribution in [0.2, 0.25) is 13.1 Å². The molecule has 4 heteroatoms. The highest BCUT2D eigenvalue weighted by Crippen LogP contribution is 2.28. The summed E-state index contributed by atoms with van der Waals surface area (Å²) in [7, 11) is -1.86. The molecule has 0 fully saturated rings. The molecule has 0 bridgehead atoms. The molecule has 4 aromatic rings. The number of carbonyl (C=O) groups is 1. The summed E-state index contributed by atoms with van der Waals surface area (Å²) < 4.78 is 6.19. The fraction of sp³-hybridized carbons (Fsp3) is 0.0741. The van der Waals surface area contributed by atoms with Crippen molar-refractivity contribution in [2.75, 3.05) is 0 Å². The first-order valence-corrected chi connectivity index (χ1v) is 14.5. The Morgan fingerprint density at radius 3 is 2.00 bits per heavy atom. The van der Waals surface area contributed by atoms with Gasteiger partial charge in [0.25, 0.3) is 0 Å². The minimum Gasteiger partial charge on any atom is -0.458 e. The molecule has 0 aliphatic carbocycles. The highest BCUT2D eigenvalue weighted by Gasteiger charge is 2.30. The summed E-state index contributed by atoms with van der Waals surface area (Å²) in [6, 6.07) is 29.4. The van der Waals surface area contributed by atoms with E-state index < -0.39 is 17.6 Å². The van der Waals surface area contributed by atoms with Crippen molar-refractivity contribution in [1.29, 1.82) is 0 Å². The maximum atomic E-state index is 13.1. The Kier molecular flexibility index (Phi) is 4.13. The first-order valence-electron chi connectivity index (χ1n) is 10.5. The minimum absolute atomic E-state index is 0.155. The van der Waals surface area contributed by atoms with Crippen LogP contribution < -0.4 is 25.5 Å². The predicted molar refractivity (Wildman–Crippen MR) is 130 cm³/mol. The van der Waals surface area contributed by atoms with Crippen molar-refractivity contribution in [1.82, 2.24) is 0 Å². The molecule has 2 aliphatic rings. The number of ether oxygens (including phenoxy) is 1. The van der Waals surface area contributed by atoms with Gasteiger partial charge in [0.2, 0.25) is 0 Å². The standard InChI is InChI=1S/C27H20O2Si2/c1-30-23-9-5-3-7-19(23)27(28)20-13-11-17(15-25(20)30)18-12-14-22-26(16-18)31(2)24-10-6-4-8-21(24)29-22/h3-16H,1-2H3. The normalized spacial score (nSPS) is 14.8. The van der Waals surface area contributed by atoms with Gasteiger partial charge in [-0.2, -0.15) is 0 Å². The van der Waals surface area contributed by atoms with Crippen LogP contribution in [-0.4, -0.2) is 23.4 Å². The number of para-hydroxylation sites is 1. The zero-order chi connectivity index (χ0) is 21.1. The number of rotatable bonds is 1. The molecule has 0 unspecified atom stereocenters. The van der Waals surface area contributed by atoms with E-state index in [2.05, 4.69) is 67.7 Å². The van der Waals surface area contributed by atoms with Crippen molar-refractivity contribution < 1.29 is 9.53 Å². The van der Waals surface area contributed by atoms with Crippen LogP contribution in [0.25, 0.3) is 11.1 Å². The molecule has 0 spiro atoms. The molecule has 0 saturated carbocycles. The van der Waals surface area contributed by atoms with Crippen molar-refractivity contribution in [3.05, 3.63) is 96.1 Å². The van der Waals surface area contributed by atoms with E-state index in [1.54, 1.807) is 0 Å². The zero-order valence-electron chi connectivity index (χ0n) is 17.4. The Morgan fingerprint density at radius 2 is 1.16 bits per heavy atom. The molecular weight excluding hydrogens is 412 g/mol. The van der Waals surface area contributed by atoms with E-state index in [0.29, 0.717) is 0 Å². The van der Waals surface area contributed by atoms with Gasteiger partial charge < -0.3 is 4.74 Å². The Morgan fingerprint density at radius 1 is 0.581 bits per heavy atom. The first kappa shape index (κ1) is 18.5. The number of carbonyl (C=O) groups excluding carboxylic acids is 1. The molecular formula is C27H20O2Si2. The van der Waals surface area contributed by atoms with Gasteiger partial charge >= 0.3 is 0 Å². The van der Waals surface area contributed by atoms with Gasteiger partial charge in [-0.25, -0.2) is 0 Å². The van der Waals surface area contributed by atoms with E-state index in [4.69, 9.17) is 4.74 Å². The molecule has 2 nitrogen and oxygen atoms in total. The van der Waals surface area contributed by atoms with E-state index in [1.165, 1.54) is 31.9 Å². The number of hydrogen-bond acceptors (Lipinski definition) is 2. The van der Waals surface area contributed by atoms with E-state index in [1.807, 2.05) is 30.3 Å². The second-order valence-electron chi connectivity index (χ2n) is 8.19. The van der Waals surface area contributed by atoms with Gasteiger partial charge in [-0.15, -0.1) is 0 Å². The third-order valence-electron chi connectivity index (χ3n) is 6.47. The van der Waals surface area contributed by atoms with Gasteiger partial charge in [0.05, 0.1) is 0 Å². The molecule has 0 N–H and O–H groups in total. The molecule has 2 heterocycles. The highest BCUT2D eigenvalue weighted by atomic mass is 28.3. The average molecular weight is 433 g/mol. The smallest absolute Gasteiger partial charge is 0.192 e. The summed E-state index contributed by atoms with van der Waals surface area (Å²) in [5, 5.41) is 5.07. The summed E-state index contributed by atoms with van der Waals surface area (Å²) in [6.45, 7) is 4.63. The van der Waals surface area contributed by atoms with Crippen LogP contribution in [0.1, 0.15) is 15.9 Å². The molecule has 0 amide bonds. The Balaban J connectivity index is 1.43. The molecule has 4 aromatic carbocycles. The van der Waals surface area contributed by atoms with Crippen LogP contribution in [-0.2, 0) is 0 Å².